The van der Waals surface area contributed by atoms with Gasteiger partial charge in [-0.2, -0.15) is 0 Å². The quantitative estimate of drug-likeness (QED) is 0.428. The van der Waals surface area contributed by atoms with Crippen LogP contribution in [0.1, 0.15) is 53.0 Å². The van der Waals surface area contributed by atoms with Crippen LogP contribution in [0, 0.1) is 6.92 Å². The van der Waals surface area contributed by atoms with Crippen molar-refractivity contribution in [3.05, 3.63) is 39.8 Å². The Morgan fingerprint density at radius 2 is 1.97 bits per heavy atom. The van der Waals surface area contributed by atoms with E-state index in [1.807, 2.05) is 31.1 Å². The lowest BCUT2D eigenvalue weighted by Gasteiger charge is -2.20. The fourth-order valence-electron chi connectivity index (χ4n) is 4.17. The van der Waals surface area contributed by atoms with Crippen LogP contribution in [-0.4, -0.2) is 77.5 Å². The van der Waals surface area contributed by atoms with Crippen molar-refractivity contribution in [2.75, 3.05) is 45.1 Å². The number of carbonyl (C=O) groups excluding carboxylic acids is 2. The van der Waals surface area contributed by atoms with Gasteiger partial charge >= 0.3 is 0 Å². The third-order valence-electron chi connectivity index (χ3n) is 6.11. The van der Waals surface area contributed by atoms with E-state index in [9.17, 15) is 9.59 Å². The minimum atomic E-state index is -0.178. The molecule has 0 aliphatic carbocycles. The van der Waals surface area contributed by atoms with E-state index in [1.54, 1.807) is 25.2 Å². The average Bonchev–Trinajstić information content (AvgIpc) is 3.42. The lowest BCUT2D eigenvalue weighted by atomic mass is 10.1. The maximum absolute atomic E-state index is 13.2. The molecular weight excluding hydrogens is 508 g/mol. The zero-order valence-corrected chi connectivity index (χ0v) is 23.6. The Hall–Kier alpha value is -3.02. The molecule has 3 heterocycles. The number of hydrogen-bond donors (Lipinski definition) is 2. The standard InChI is InChI=1S/C26H34N6O3S2/c1-6-31-10-7-11-32(13-12-31)25(34)24-28-17(4)22(37-24)20-15-36-26(30-20)29-19-14-18(23(33)27-5)8-9-21(19)35-16(2)3/h8-9,14-16H,6-7,10-13H2,1-5H3,(H,27,33)(H,29,30). The molecule has 2 amide bonds. The Kier molecular flexibility index (Phi) is 8.78. The average molecular weight is 543 g/mol. The van der Waals surface area contributed by atoms with Crippen molar-refractivity contribution in [2.24, 2.45) is 0 Å². The first-order chi connectivity index (χ1) is 17.8. The second-order valence-corrected chi connectivity index (χ2v) is 11.0. The van der Waals surface area contributed by atoms with Crippen molar-refractivity contribution in [2.45, 2.75) is 40.2 Å². The first kappa shape index (κ1) is 27.0. The van der Waals surface area contributed by atoms with Gasteiger partial charge in [-0.1, -0.05) is 6.92 Å². The van der Waals surface area contributed by atoms with Gasteiger partial charge < -0.3 is 25.2 Å². The van der Waals surface area contributed by atoms with E-state index in [4.69, 9.17) is 9.72 Å². The fourth-order valence-corrected chi connectivity index (χ4v) is 5.95. The molecule has 0 saturated carbocycles. The summed E-state index contributed by atoms with van der Waals surface area (Å²) in [7, 11) is 1.60. The Morgan fingerprint density at radius 3 is 2.70 bits per heavy atom. The first-order valence-electron chi connectivity index (χ1n) is 12.5. The number of anilines is 2. The second kappa shape index (κ2) is 12.0. The molecule has 0 atom stereocenters. The number of amides is 2. The highest BCUT2D eigenvalue weighted by Gasteiger charge is 2.24. The van der Waals surface area contributed by atoms with Gasteiger partial charge in [-0.05, 0) is 58.5 Å². The molecule has 2 N–H and O–H groups in total. The number of nitrogens with one attached hydrogen (secondary N) is 2. The van der Waals surface area contributed by atoms with Crippen molar-refractivity contribution in [3.8, 4) is 16.3 Å². The van der Waals surface area contributed by atoms with E-state index in [-0.39, 0.29) is 17.9 Å². The molecule has 2 aromatic heterocycles. The molecule has 0 radical (unpaired) electrons. The number of thiazole rings is 2. The number of likely N-dealkylation sites (N-methyl/N-ethyl adjacent to an activating group) is 1. The maximum atomic E-state index is 13.2. The van der Waals surface area contributed by atoms with E-state index in [0.717, 1.165) is 55.4 Å². The van der Waals surface area contributed by atoms with Crippen LogP contribution in [0.25, 0.3) is 10.6 Å². The van der Waals surface area contributed by atoms with E-state index < -0.39 is 0 Å². The van der Waals surface area contributed by atoms with Crippen molar-refractivity contribution in [1.82, 2.24) is 25.1 Å². The van der Waals surface area contributed by atoms with Gasteiger partial charge in [0.25, 0.3) is 11.8 Å². The Bertz CT molecular complexity index is 1250. The number of nitrogens with zero attached hydrogens (tertiary/aromatic N) is 4. The topological polar surface area (TPSA) is 99.7 Å². The molecule has 11 heteroatoms. The minimum absolute atomic E-state index is 0.00706. The van der Waals surface area contributed by atoms with Crippen molar-refractivity contribution < 1.29 is 14.3 Å². The summed E-state index contributed by atoms with van der Waals surface area (Å²) in [5.74, 6) is 0.455. The van der Waals surface area contributed by atoms with Crippen molar-refractivity contribution >= 4 is 45.3 Å². The molecule has 0 spiro atoms. The van der Waals surface area contributed by atoms with Crippen molar-refractivity contribution in [3.63, 3.8) is 0 Å². The van der Waals surface area contributed by atoms with Gasteiger partial charge in [0.15, 0.2) is 10.1 Å². The van der Waals surface area contributed by atoms with E-state index in [0.29, 0.717) is 27.1 Å². The van der Waals surface area contributed by atoms with Gasteiger partial charge in [-0.25, -0.2) is 9.97 Å². The van der Waals surface area contributed by atoms with Gasteiger partial charge in [0, 0.05) is 37.6 Å². The highest BCUT2D eigenvalue weighted by atomic mass is 32.1. The summed E-state index contributed by atoms with van der Waals surface area (Å²) in [6.45, 7) is 12.4. The molecule has 0 unspecified atom stereocenters. The van der Waals surface area contributed by atoms with Crippen LogP contribution in [0.2, 0.25) is 0 Å². The van der Waals surface area contributed by atoms with E-state index in [2.05, 4.69) is 27.4 Å². The Balaban J connectivity index is 1.53. The summed E-state index contributed by atoms with van der Waals surface area (Å²) in [4.78, 5) is 39.9. The van der Waals surface area contributed by atoms with Gasteiger partial charge in [0.05, 0.1) is 28.1 Å². The van der Waals surface area contributed by atoms with Crippen molar-refractivity contribution in [1.29, 1.82) is 0 Å². The smallest absolute Gasteiger partial charge is 0.282 e. The molecule has 0 bridgehead atoms. The predicted molar refractivity (Wildman–Crippen MR) is 149 cm³/mol. The SMILES string of the molecule is CCN1CCCN(C(=O)c2nc(C)c(-c3csc(Nc4cc(C(=O)NC)ccc4OC(C)C)n3)s2)CC1. The van der Waals surface area contributed by atoms with Gasteiger partial charge in [0.1, 0.15) is 5.75 Å². The van der Waals surface area contributed by atoms with Crippen LogP contribution in [-0.2, 0) is 0 Å². The molecule has 1 aromatic carbocycles. The minimum Gasteiger partial charge on any atom is -0.489 e. The molecular formula is C26H34N6O3S2. The van der Waals surface area contributed by atoms with E-state index in [1.165, 1.54) is 22.7 Å². The summed E-state index contributed by atoms with van der Waals surface area (Å²) in [5, 5.41) is 9.08. The van der Waals surface area contributed by atoms with Crippen LogP contribution in [0.4, 0.5) is 10.8 Å². The number of ether oxygens (including phenoxy) is 1. The Morgan fingerprint density at radius 1 is 1.16 bits per heavy atom. The molecule has 9 nitrogen and oxygen atoms in total. The van der Waals surface area contributed by atoms with Gasteiger partial charge in [0.2, 0.25) is 0 Å². The molecule has 1 aliphatic rings. The van der Waals surface area contributed by atoms with Gasteiger partial charge in [-0.3, -0.25) is 9.59 Å². The lowest BCUT2D eigenvalue weighted by Crippen LogP contribution is -2.35. The van der Waals surface area contributed by atoms with Crippen LogP contribution in [0.5, 0.6) is 5.75 Å². The van der Waals surface area contributed by atoms with Crippen LogP contribution in [0.15, 0.2) is 23.6 Å². The monoisotopic (exact) mass is 542 g/mol. The molecule has 4 rings (SSSR count). The number of rotatable bonds is 8. The first-order valence-corrected chi connectivity index (χ1v) is 14.2. The summed E-state index contributed by atoms with van der Waals surface area (Å²) in [6.07, 6.45) is 0.949. The normalized spacial score (nSPS) is 14.5. The molecule has 1 saturated heterocycles. The largest absolute Gasteiger partial charge is 0.489 e. The summed E-state index contributed by atoms with van der Waals surface area (Å²) in [5.41, 5.74) is 2.74. The summed E-state index contributed by atoms with van der Waals surface area (Å²) in [6, 6.07) is 5.28. The fraction of sp³-hybridized carbons (Fsp3) is 0.462. The van der Waals surface area contributed by atoms with Crippen LogP contribution >= 0.6 is 22.7 Å². The second-order valence-electron chi connectivity index (χ2n) is 9.13. The lowest BCUT2D eigenvalue weighted by molar-refractivity contribution is 0.0761. The summed E-state index contributed by atoms with van der Waals surface area (Å²) < 4.78 is 5.94. The Labute approximate surface area is 225 Å². The predicted octanol–water partition coefficient (Wildman–Crippen LogP) is 4.63. The highest BCUT2D eigenvalue weighted by Crippen LogP contribution is 2.36. The molecule has 198 valence electrons. The number of aryl methyl sites for hydroxylation is 1. The van der Waals surface area contributed by atoms with Gasteiger partial charge in [-0.15, -0.1) is 22.7 Å². The third-order valence-corrected chi connectivity index (χ3v) is 8.04. The summed E-state index contributed by atoms with van der Waals surface area (Å²) >= 11 is 2.84. The number of benzene rings is 1. The number of carbonyl (C=O) groups is 2. The zero-order valence-electron chi connectivity index (χ0n) is 22.0. The highest BCUT2D eigenvalue weighted by molar-refractivity contribution is 7.18. The zero-order chi connectivity index (χ0) is 26.5. The van der Waals surface area contributed by atoms with E-state index >= 15 is 0 Å². The van der Waals surface area contributed by atoms with Crippen LogP contribution in [0.3, 0.4) is 0 Å². The maximum Gasteiger partial charge on any atom is 0.282 e. The molecule has 1 aliphatic heterocycles. The number of aromatic nitrogens is 2. The molecule has 3 aromatic rings. The third kappa shape index (κ3) is 6.46. The van der Waals surface area contributed by atoms with Crippen LogP contribution < -0.4 is 15.4 Å². The molecule has 1 fully saturated rings. The molecule has 37 heavy (non-hydrogen) atoms. The number of hydrogen-bond acceptors (Lipinski definition) is 9.